The summed E-state index contributed by atoms with van der Waals surface area (Å²) < 4.78 is 0. The first kappa shape index (κ1) is 20.1. The molecule has 28 heavy (non-hydrogen) atoms. The van der Waals surface area contributed by atoms with Crippen molar-refractivity contribution in [2.45, 2.75) is 46.6 Å². The van der Waals surface area contributed by atoms with Gasteiger partial charge in [0.1, 0.15) is 4.88 Å². The molecule has 5 heteroatoms. The average Bonchev–Trinajstić information content (AvgIpc) is 3.03. The fourth-order valence-electron chi connectivity index (χ4n) is 3.12. The number of nitrogens with zero attached hydrogens (tertiary/aromatic N) is 1. The van der Waals surface area contributed by atoms with Crippen LogP contribution in [0.25, 0.3) is 0 Å². The summed E-state index contributed by atoms with van der Waals surface area (Å²) in [6, 6.07) is 16.7. The molecule has 0 aliphatic carbocycles. The number of aromatic nitrogens is 1. The smallest absolute Gasteiger partial charge is 0.263 e. The Hall–Kier alpha value is -2.66. The second kappa shape index (κ2) is 9.02. The lowest BCUT2D eigenvalue weighted by molar-refractivity contribution is 0.0941. The van der Waals surface area contributed by atoms with Gasteiger partial charge in [-0.3, -0.25) is 4.79 Å². The Kier molecular flexibility index (Phi) is 6.47. The summed E-state index contributed by atoms with van der Waals surface area (Å²) in [7, 11) is 0. The number of anilines is 2. The van der Waals surface area contributed by atoms with Crippen LogP contribution in [0.5, 0.6) is 0 Å². The van der Waals surface area contributed by atoms with Crippen molar-refractivity contribution in [1.29, 1.82) is 0 Å². The number of carbonyl (C=O) groups excluding carboxylic acids is 1. The van der Waals surface area contributed by atoms with Crippen molar-refractivity contribution in [3.05, 3.63) is 75.8 Å². The second-order valence-corrected chi connectivity index (χ2v) is 8.27. The van der Waals surface area contributed by atoms with Crippen LogP contribution >= 0.6 is 11.3 Å². The minimum Gasteiger partial charge on any atom is -0.349 e. The van der Waals surface area contributed by atoms with Crippen molar-refractivity contribution in [3.8, 4) is 0 Å². The highest BCUT2D eigenvalue weighted by atomic mass is 32.1. The minimum atomic E-state index is -0.0516. The minimum absolute atomic E-state index is 0.0516. The summed E-state index contributed by atoms with van der Waals surface area (Å²) in [5, 5.41) is 7.19. The number of rotatable bonds is 7. The van der Waals surface area contributed by atoms with E-state index >= 15 is 0 Å². The number of hydrogen-bond donors (Lipinski definition) is 2. The first-order valence-corrected chi connectivity index (χ1v) is 10.4. The molecular weight excluding hydrogens is 366 g/mol. The van der Waals surface area contributed by atoms with E-state index in [9.17, 15) is 4.79 Å². The zero-order valence-corrected chi connectivity index (χ0v) is 17.7. The molecular formula is C23H27N3OS. The van der Waals surface area contributed by atoms with Crippen LogP contribution in [0.3, 0.4) is 0 Å². The van der Waals surface area contributed by atoms with Crippen molar-refractivity contribution < 1.29 is 4.79 Å². The van der Waals surface area contributed by atoms with Gasteiger partial charge in [-0.2, -0.15) is 0 Å². The first-order valence-electron chi connectivity index (χ1n) is 9.59. The molecule has 1 amide bonds. The molecule has 0 spiro atoms. The van der Waals surface area contributed by atoms with Gasteiger partial charge in [0.25, 0.3) is 5.91 Å². The summed E-state index contributed by atoms with van der Waals surface area (Å²) in [6.45, 7) is 8.07. The van der Waals surface area contributed by atoms with Gasteiger partial charge in [-0.1, -0.05) is 59.4 Å². The van der Waals surface area contributed by atoms with E-state index in [4.69, 9.17) is 0 Å². The van der Waals surface area contributed by atoms with E-state index in [0.29, 0.717) is 4.88 Å². The number of benzene rings is 2. The summed E-state index contributed by atoms with van der Waals surface area (Å²) in [6.07, 6.45) is 1.85. The van der Waals surface area contributed by atoms with Crippen molar-refractivity contribution in [3.63, 3.8) is 0 Å². The molecule has 1 aromatic heterocycles. The highest BCUT2D eigenvalue weighted by molar-refractivity contribution is 7.17. The van der Waals surface area contributed by atoms with Crippen LogP contribution < -0.4 is 10.6 Å². The fraction of sp³-hybridized carbons (Fsp3) is 0.304. The number of hydrogen-bond acceptors (Lipinski definition) is 4. The summed E-state index contributed by atoms with van der Waals surface area (Å²) >= 11 is 1.40. The molecule has 4 nitrogen and oxygen atoms in total. The molecule has 146 valence electrons. The van der Waals surface area contributed by atoms with Gasteiger partial charge in [-0.15, -0.1) is 0 Å². The van der Waals surface area contributed by atoms with Gasteiger partial charge >= 0.3 is 0 Å². The van der Waals surface area contributed by atoms with Crippen LogP contribution in [0.15, 0.2) is 48.5 Å². The van der Waals surface area contributed by atoms with E-state index in [-0.39, 0.29) is 11.9 Å². The Balaban J connectivity index is 1.60. The lowest BCUT2D eigenvalue weighted by atomic mass is 10.1. The van der Waals surface area contributed by atoms with E-state index < -0.39 is 0 Å². The SMILES string of the molecule is Cc1ccc(Nc2nc(C)c(C(=O)N[C@H](C)CCc3ccccc3)s2)c(C)c1. The van der Waals surface area contributed by atoms with Gasteiger partial charge in [0.2, 0.25) is 0 Å². The largest absolute Gasteiger partial charge is 0.349 e. The number of nitrogens with one attached hydrogen (secondary N) is 2. The van der Waals surface area contributed by atoms with Crippen LogP contribution in [0.1, 0.15) is 45.4 Å². The maximum atomic E-state index is 12.7. The molecule has 0 saturated heterocycles. The van der Waals surface area contributed by atoms with E-state index in [1.165, 1.54) is 22.5 Å². The molecule has 2 aromatic carbocycles. The molecule has 2 N–H and O–H groups in total. The van der Waals surface area contributed by atoms with Gasteiger partial charge in [0.05, 0.1) is 5.69 Å². The molecule has 0 saturated carbocycles. The summed E-state index contributed by atoms with van der Waals surface area (Å²) in [4.78, 5) is 17.9. The summed E-state index contributed by atoms with van der Waals surface area (Å²) in [5.41, 5.74) is 5.45. The fourth-order valence-corrected chi connectivity index (χ4v) is 4.00. The monoisotopic (exact) mass is 393 g/mol. The number of aryl methyl sites for hydroxylation is 4. The van der Waals surface area contributed by atoms with Crippen LogP contribution in [0.2, 0.25) is 0 Å². The van der Waals surface area contributed by atoms with Gasteiger partial charge in [0, 0.05) is 11.7 Å². The molecule has 0 aliphatic rings. The quantitative estimate of drug-likeness (QED) is 0.552. The van der Waals surface area contributed by atoms with Gasteiger partial charge in [-0.05, 0) is 57.7 Å². The normalized spacial score (nSPS) is 11.9. The molecule has 1 atom stereocenters. The number of thiazole rings is 1. The van der Waals surface area contributed by atoms with Crippen LogP contribution in [-0.4, -0.2) is 16.9 Å². The lowest BCUT2D eigenvalue weighted by Crippen LogP contribution is -2.32. The molecule has 0 unspecified atom stereocenters. The molecule has 1 heterocycles. The van der Waals surface area contributed by atoms with Crippen LogP contribution in [-0.2, 0) is 6.42 Å². The van der Waals surface area contributed by atoms with Gasteiger partial charge in [0.15, 0.2) is 5.13 Å². The Morgan fingerprint density at radius 3 is 2.57 bits per heavy atom. The number of carbonyl (C=O) groups is 1. The second-order valence-electron chi connectivity index (χ2n) is 7.28. The van der Waals surface area contributed by atoms with E-state index in [1.54, 1.807) is 0 Å². The van der Waals surface area contributed by atoms with E-state index in [1.807, 2.05) is 38.1 Å². The third-order valence-corrected chi connectivity index (χ3v) is 5.78. The Morgan fingerprint density at radius 1 is 1.11 bits per heavy atom. The highest BCUT2D eigenvalue weighted by Crippen LogP contribution is 2.27. The zero-order chi connectivity index (χ0) is 20.1. The van der Waals surface area contributed by atoms with Crippen molar-refractivity contribution in [2.24, 2.45) is 0 Å². The zero-order valence-electron chi connectivity index (χ0n) is 16.9. The van der Waals surface area contributed by atoms with Crippen molar-refractivity contribution in [1.82, 2.24) is 10.3 Å². The predicted molar refractivity (Wildman–Crippen MR) is 118 cm³/mol. The van der Waals surface area contributed by atoms with Gasteiger partial charge in [-0.25, -0.2) is 4.98 Å². The Labute approximate surface area is 171 Å². The molecule has 0 fully saturated rings. The topological polar surface area (TPSA) is 54.0 Å². The standard InChI is InChI=1S/C23H27N3OS/c1-15-10-13-20(16(2)14-15)26-23-25-18(4)21(28-23)22(27)24-17(3)11-12-19-8-6-5-7-9-19/h5-10,13-14,17H,11-12H2,1-4H3,(H,24,27)(H,25,26)/t17-/m1/s1. The maximum absolute atomic E-state index is 12.7. The van der Waals surface area contributed by atoms with E-state index in [2.05, 4.69) is 53.7 Å². The molecule has 0 aliphatic heterocycles. The average molecular weight is 394 g/mol. The third-order valence-electron chi connectivity index (χ3n) is 4.71. The molecule has 3 rings (SSSR count). The van der Waals surface area contributed by atoms with Gasteiger partial charge < -0.3 is 10.6 Å². The molecule has 0 radical (unpaired) electrons. The Bertz CT molecular complexity index is 950. The maximum Gasteiger partial charge on any atom is 0.263 e. The van der Waals surface area contributed by atoms with Crippen LogP contribution in [0.4, 0.5) is 10.8 Å². The third kappa shape index (κ3) is 5.20. The number of amides is 1. The Morgan fingerprint density at radius 2 is 1.86 bits per heavy atom. The lowest BCUT2D eigenvalue weighted by Gasteiger charge is -2.13. The molecule has 0 bridgehead atoms. The molecule has 3 aromatic rings. The van der Waals surface area contributed by atoms with Crippen molar-refractivity contribution >= 4 is 28.1 Å². The van der Waals surface area contributed by atoms with E-state index in [0.717, 1.165) is 34.9 Å². The predicted octanol–water partition coefficient (Wildman–Crippen LogP) is 5.56. The van der Waals surface area contributed by atoms with Crippen molar-refractivity contribution in [2.75, 3.05) is 5.32 Å². The van der Waals surface area contributed by atoms with Crippen LogP contribution in [0, 0.1) is 20.8 Å². The summed E-state index contributed by atoms with van der Waals surface area (Å²) in [5.74, 6) is -0.0516. The first-order chi connectivity index (χ1) is 13.4. The highest BCUT2D eigenvalue weighted by Gasteiger charge is 2.17.